The monoisotopic (exact) mass is 365 g/mol. The van der Waals surface area contributed by atoms with E-state index in [-0.39, 0.29) is 18.0 Å². The van der Waals surface area contributed by atoms with Crippen molar-refractivity contribution in [2.75, 3.05) is 13.1 Å². The number of aliphatic hydroxyl groups is 1. The normalized spacial score (nSPS) is 19.8. The number of carbonyl (C=O) groups excluding carboxylic acids is 1. The first-order valence-corrected chi connectivity index (χ1v) is 8.74. The van der Waals surface area contributed by atoms with Gasteiger partial charge in [0.05, 0.1) is 6.54 Å². The molecule has 27 heavy (non-hydrogen) atoms. The zero-order chi connectivity index (χ0) is 18.8. The summed E-state index contributed by atoms with van der Waals surface area (Å²) in [6.07, 6.45) is 4.12. The van der Waals surface area contributed by atoms with Crippen LogP contribution >= 0.6 is 0 Å². The Morgan fingerprint density at radius 2 is 2.07 bits per heavy atom. The van der Waals surface area contributed by atoms with Gasteiger partial charge in [0, 0.05) is 42.3 Å². The number of fused-ring (bicyclic) bond motifs is 1. The number of ether oxygens (including phenoxy) is 1. The van der Waals surface area contributed by atoms with E-state index in [1.165, 1.54) is 17.2 Å². The lowest BCUT2D eigenvalue weighted by Crippen LogP contribution is -2.51. The van der Waals surface area contributed by atoms with Crippen LogP contribution in [0, 0.1) is 0 Å². The number of amides is 1. The summed E-state index contributed by atoms with van der Waals surface area (Å²) in [6.45, 7) is 0.523. The SMILES string of the molecule is O=C(c1ncccc1O)N1CC[C@@H](Oc2cccc3cnccc23)[C@H](O)C1. The number of likely N-dealkylation sites (tertiary alicyclic amines) is 1. The number of carbonyl (C=O) groups is 1. The Bertz CT molecular complexity index is 973. The predicted molar refractivity (Wildman–Crippen MR) is 98.6 cm³/mol. The molecule has 2 N–H and O–H groups in total. The standard InChI is InChI=1S/C20H19N3O4/c24-15-4-2-8-22-19(15)20(26)23-10-7-18(16(25)12-23)27-17-5-1-3-13-11-21-9-6-14(13)17/h1-6,8-9,11,16,18,24-25H,7,10,12H2/t16-,18-/m1/s1. The van der Waals surface area contributed by atoms with Gasteiger partial charge in [-0.05, 0) is 24.3 Å². The zero-order valence-corrected chi connectivity index (χ0v) is 14.5. The number of nitrogens with zero attached hydrogens (tertiary/aromatic N) is 3. The third-order valence-electron chi connectivity index (χ3n) is 4.72. The molecule has 0 saturated carbocycles. The predicted octanol–water partition coefficient (Wildman–Crippen LogP) is 1.99. The molecule has 0 radical (unpaired) electrons. The maximum absolute atomic E-state index is 12.6. The van der Waals surface area contributed by atoms with E-state index in [1.54, 1.807) is 18.5 Å². The molecule has 138 valence electrons. The van der Waals surface area contributed by atoms with Gasteiger partial charge in [0.25, 0.3) is 5.91 Å². The molecular weight excluding hydrogens is 346 g/mol. The fourth-order valence-corrected chi connectivity index (χ4v) is 3.30. The van der Waals surface area contributed by atoms with Crippen molar-refractivity contribution in [2.24, 2.45) is 0 Å². The van der Waals surface area contributed by atoms with Gasteiger partial charge >= 0.3 is 0 Å². The van der Waals surface area contributed by atoms with Gasteiger partial charge in [-0.25, -0.2) is 4.98 Å². The Morgan fingerprint density at radius 1 is 1.19 bits per heavy atom. The third-order valence-corrected chi connectivity index (χ3v) is 4.72. The first kappa shape index (κ1) is 17.2. The van der Waals surface area contributed by atoms with E-state index in [0.29, 0.717) is 18.7 Å². The molecule has 0 bridgehead atoms. The molecular formula is C20H19N3O4. The lowest BCUT2D eigenvalue weighted by atomic mass is 10.0. The first-order valence-electron chi connectivity index (χ1n) is 8.74. The molecule has 1 saturated heterocycles. The highest BCUT2D eigenvalue weighted by atomic mass is 16.5. The second kappa shape index (κ2) is 7.20. The third kappa shape index (κ3) is 3.41. The molecule has 7 nitrogen and oxygen atoms in total. The minimum Gasteiger partial charge on any atom is -0.505 e. The average Bonchev–Trinajstić information content (AvgIpc) is 2.69. The van der Waals surface area contributed by atoms with Crippen LogP contribution in [0.3, 0.4) is 0 Å². The molecule has 0 aliphatic carbocycles. The molecule has 3 aromatic rings. The van der Waals surface area contributed by atoms with Gasteiger partial charge < -0.3 is 19.8 Å². The summed E-state index contributed by atoms with van der Waals surface area (Å²) >= 11 is 0. The van der Waals surface area contributed by atoms with Crippen LogP contribution in [0.25, 0.3) is 10.8 Å². The highest BCUT2D eigenvalue weighted by Crippen LogP contribution is 2.28. The number of hydrogen-bond acceptors (Lipinski definition) is 6. The molecule has 2 atom stereocenters. The van der Waals surface area contributed by atoms with Gasteiger partial charge in [0.1, 0.15) is 23.7 Å². The van der Waals surface area contributed by atoms with Crippen molar-refractivity contribution in [3.63, 3.8) is 0 Å². The minimum atomic E-state index is -0.842. The second-order valence-electron chi connectivity index (χ2n) is 6.49. The van der Waals surface area contributed by atoms with Crippen LogP contribution in [-0.2, 0) is 0 Å². The van der Waals surface area contributed by atoms with Crippen LogP contribution in [0.5, 0.6) is 11.5 Å². The smallest absolute Gasteiger partial charge is 0.276 e. The Balaban J connectivity index is 1.47. The summed E-state index contributed by atoms with van der Waals surface area (Å²) in [5, 5.41) is 22.2. The van der Waals surface area contributed by atoms with E-state index in [4.69, 9.17) is 4.74 Å². The number of aliphatic hydroxyl groups excluding tert-OH is 1. The largest absolute Gasteiger partial charge is 0.505 e. The minimum absolute atomic E-state index is 0.00868. The van der Waals surface area contributed by atoms with Crippen molar-refractivity contribution >= 4 is 16.7 Å². The van der Waals surface area contributed by atoms with Gasteiger partial charge in [-0.1, -0.05) is 12.1 Å². The number of hydrogen-bond donors (Lipinski definition) is 2. The van der Waals surface area contributed by atoms with Crippen molar-refractivity contribution in [2.45, 2.75) is 18.6 Å². The first-order chi connectivity index (χ1) is 13.1. The van der Waals surface area contributed by atoms with Crippen LogP contribution in [0.15, 0.2) is 55.0 Å². The van der Waals surface area contributed by atoms with E-state index in [2.05, 4.69) is 9.97 Å². The van der Waals surface area contributed by atoms with Gasteiger partial charge in [0.15, 0.2) is 5.69 Å². The van der Waals surface area contributed by atoms with Gasteiger partial charge in [-0.3, -0.25) is 9.78 Å². The topological polar surface area (TPSA) is 95.8 Å². The summed E-state index contributed by atoms with van der Waals surface area (Å²) in [6, 6.07) is 10.5. The molecule has 1 aromatic carbocycles. The maximum Gasteiger partial charge on any atom is 0.276 e. The van der Waals surface area contributed by atoms with Crippen molar-refractivity contribution < 1.29 is 19.7 Å². The summed E-state index contributed by atoms with van der Waals surface area (Å²) in [5.41, 5.74) is -0.00868. The van der Waals surface area contributed by atoms with Crippen LogP contribution < -0.4 is 4.74 Å². The summed E-state index contributed by atoms with van der Waals surface area (Å²) in [4.78, 5) is 22.1. The van der Waals surface area contributed by atoms with Crippen LogP contribution in [-0.4, -0.2) is 56.3 Å². The quantitative estimate of drug-likeness (QED) is 0.737. The molecule has 7 heteroatoms. The molecule has 3 heterocycles. The van der Waals surface area contributed by atoms with Crippen LogP contribution in [0.1, 0.15) is 16.9 Å². The zero-order valence-electron chi connectivity index (χ0n) is 14.5. The van der Waals surface area contributed by atoms with E-state index in [1.807, 2.05) is 24.3 Å². The number of benzene rings is 1. The lowest BCUT2D eigenvalue weighted by Gasteiger charge is -2.36. The van der Waals surface area contributed by atoms with Crippen molar-refractivity contribution in [3.05, 3.63) is 60.7 Å². The van der Waals surface area contributed by atoms with E-state index in [0.717, 1.165) is 10.8 Å². The molecule has 0 spiro atoms. The lowest BCUT2D eigenvalue weighted by molar-refractivity contribution is -0.0195. The number of pyridine rings is 2. The van der Waals surface area contributed by atoms with Crippen LogP contribution in [0.4, 0.5) is 0 Å². The fourth-order valence-electron chi connectivity index (χ4n) is 3.30. The number of rotatable bonds is 3. The molecule has 2 aromatic heterocycles. The molecule has 1 aliphatic heterocycles. The number of β-amino-alcohol motifs (C(OH)–C–C–N with tert-alkyl or cyclic N) is 1. The Hall–Kier alpha value is -3.19. The van der Waals surface area contributed by atoms with Crippen molar-refractivity contribution in [1.29, 1.82) is 0 Å². The van der Waals surface area contributed by atoms with E-state index >= 15 is 0 Å². The molecule has 1 aliphatic rings. The van der Waals surface area contributed by atoms with Crippen molar-refractivity contribution in [1.82, 2.24) is 14.9 Å². The maximum atomic E-state index is 12.6. The van der Waals surface area contributed by atoms with Crippen LogP contribution in [0.2, 0.25) is 0 Å². The summed E-state index contributed by atoms with van der Waals surface area (Å²) < 4.78 is 6.06. The van der Waals surface area contributed by atoms with Gasteiger partial charge in [-0.15, -0.1) is 0 Å². The highest BCUT2D eigenvalue weighted by molar-refractivity contribution is 5.94. The fraction of sp³-hybridized carbons (Fsp3) is 0.250. The molecule has 1 amide bonds. The summed E-state index contributed by atoms with van der Waals surface area (Å²) in [7, 11) is 0. The number of aromatic nitrogens is 2. The Labute approximate surface area is 155 Å². The number of piperidine rings is 1. The molecule has 0 unspecified atom stereocenters. The second-order valence-corrected chi connectivity index (χ2v) is 6.49. The van der Waals surface area contributed by atoms with E-state index < -0.39 is 18.1 Å². The average molecular weight is 365 g/mol. The van der Waals surface area contributed by atoms with Gasteiger partial charge in [0.2, 0.25) is 0 Å². The summed E-state index contributed by atoms with van der Waals surface area (Å²) in [5.74, 6) is 0.114. The molecule has 1 fully saturated rings. The number of aromatic hydroxyl groups is 1. The van der Waals surface area contributed by atoms with Crippen molar-refractivity contribution in [3.8, 4) is 11.5 Å². The Morgan fingerprint density at radius 3 is 2.89 bits per heavy atom. The highest BCUT2D eigenvalue weighted by Gasteiger charge is 2.33. The van der Waals surface area contributed by atoms with Gasteiger partial charge in [-0.2, -0.15) is 0 Å². The molecule has 4 rings (SSSR count). The Kier molecular flexibility index (Phi) is 4.60. The van der Waals surface area contributed by atoms with E-state index in [9.17, 15) is 15.0 Å².